The van der Waals surface area contributed by atoms with E-state index in [0.717, 1.165) is 11.3 Å². The summed E-state index contributed by atoms with van der Waals surface area (Å²) in [5, 5.41) is 12.9. The summed E-state index contributed by atoms with van der Waals surface area (Å²) in [6.07, 6.45) is 3.02. The topological polar surface area (TPSA) is 119 Å². The van der Waals surface area contributed by atoms with Crippen LogP contribution in [0.1, 0.15) is 5.56 Å². The van der Waals surface area contributed by atoms with Crippen molar-refractivity contribution in [3.63, 3.8) is 0 Å². The van der Waals surface area contributed by atoms with E-state index in [2.05, 4.69) is 32.4 Å². The van der Waals surface area contributed by atoms with Crippen LogP contribution in [0, 0.1) is 0 Å². The van der Waals surface area contributed by atoms with Gasteiger partial charge < -0.3 is 20.7 Å². The average molecular weight is 406 g/mol. The van der Waals surface area contributed by atoms with Gasteiger partial charge in [-0.3, -0.25) is 4.79 Å². The third kappa shape index (κ3) is 4.14. The number of aromatic hydroxyl groups is 1. The third-order valence-electron chi connectivity index (χ3n) is 4.35. The van der Waals surface area contributed by atoms with E-state index in [9.17, 15) is 9.90 Å². The van der Waals surface area contributed by atoms with Gasteiger partial charge in [0.05, 0.1) is 12.0 Å². The summed E-state index contributed by atoms with van der Waals surface area (Å²) < 4.78 is 1.93. The van der Waals surface area contributed by atoms with E-state index in [0.29, 0.717) is 41.1 Å². The van der Waals surface area contributed by atoms with Crippen LogP contribution >= 0.6 is 11.8 Å². The van der Waals surface area contributed by atoms with Gasteiger partial charge in [0.1, 0.15) is 5.75 Å². The van der Waals surface area contributed by atoms with Crippen LogP contribution in [0.15, 0.2) is 64.9 Å². The van der Waals surface area contributed by atoms with Crippen molar-refractivity contribution in [2.45, 2.75) is 23.0 Å². The van der Waals surface area contributed by atoms with Gasteiger partial charge in [0.25, 0.3) is 0 Å². The molecule has 2 aromatic rings. The number of imidazole rings is 1. The molecule has 146 valence electrons. The minimum absolute atomic E-state index is 0.0303. The highest BCUT2D eigenvalue weighted by Gasteiger charge is 2.19. The summed E-state index contributed by atoms with van der Waals surface area (Å²) in [5.41, 5.74) is 8.11. The maximum absolute atomic E-state index is 10.5. The lowest BCUT2D eigenvalue weighted by Crippen LogP contribution is -2.09. The number of hydrogen-bond acceptors (Lipinski definition) is 7. The largest absolute Gasteiger partial charge is 0.506 e. The van der Waals surface area contributed by atoms with Crippen molar-refractivity contribution >= 4 is 29.7 Å². The number of aryl methyl sites for hydroxylation is 2. The molecule has 1 amide bonds. The van der Waals surface area contributed by atoms with Gasteiger partial charge in [-0.05, 0) is 41.9 Å². The van der Waals surface area contributed by atoms with Gasteiger partial charge in [-0.2, -0.15) is 0 Å². The molecule has 2 aromatic carbocycles. The van der Waals surface area contributed by atoms with E-state index in [1.807, 2.05) is 22.8 Å². The second kappa shape index (κ2) is 8.19. The Bertz CT molecular complexity index is 1120. The Morgan fingerprint density at radius 1 is 1.17 bits per heavy atom. The summed E-state index contributed by atoms with van der Waals surface area (Å²) in [6, 6.07) is 15.1. The minimum Gasteiger partial charge on any atom is -0.506 e. The van der Waals surface area contributed by atoms with E-state index in [1.54, 1.807) is 24.5 Å². The van der Waals surface area contributed by atoms with Crippen LogP contribution in [0.2, 0.25) is 0 Å². The number of rotatable bonds is 7. The number of hydrogen-bond donors (Lipinski definition) is 3. The van der Waals surface area contributed by atoms with Crippen molar-refractivity contribution in [1.82, 2.24) is 19.5 Å². The van der Waals surface area contributed by atoms with E-state index in [4.69, 9.17) is 5.73 Å². The molecule has 0 fully saturated rings. The molecule has 0 saturated carbocycles. The van der Waals surface area contributed by atoms with Gasteiger partial charge in [-0.15, -0.1) is 0 Å². The highest BCUT2D eigenvalue weighted by molar-refractivity contribution is 7.99. The van der Waals surface area contributed by atoms with Crippen molar-refractivity contribution in [2.75, 3.05) is 11.1 Å². The molecule has 9 heteroatoms. The maximum Gasteiger partial charge on any atom is 0.211 e. The monoisotopic (exact) mass is 406 g/mol. The van der Waals surface area contributed by atoms with E-state index in [-0.39, 0.29) is 5.75 Å². The maximum atomic E-state index is 10.5. The van der Waals surface area contributed by atoms with Gasteiger partial charge in [0, 0.05) is 11.4 Å². The van der Waals surface area contributed by atoms with Crippen LogP contribution in [0.4, 0.5) is 11.5 Å². The molecular weight excluding hydrogens is 388 g/mol. The summed E-state index contributed by atoms with van der Waals surface area (Å²) >= 11 is 1.29. The molecule has 0 spiro atoms. The van der Waals surface area contributed by atoms with Gasteiger partial charge >= 0.3 is 0 Å². The number of amides is 1. The number of anilines is 2. The Balaban J connectivity index is 1.58. The number of fused-ring (bicyclic) bond motifs is 1. The Morgan fingerprint density at radius 3 is 2.76 bits per heavy atom. The molecule has 0 unspecified atom stereocenters. The van der Waals surface area contributed by atoms with Crippen molar-refractivity contribution in [3.8, 4) is 17.3 Å². The molecule has 8 nitrogen and oxygen atoms in total. The number of carbonyl (C=O) groups excluding carboxylic acids is 1. The van der Waals surface area contributed by atoms with E-state index < -0.39 is 0 Å². The summed E-state index contributed by atoms with van der Waals surface area (Å²) in [5.74, 6) is 0.959. The second-order valence-corrected chi connectivity index (χ2v) is 7.32. The average Bonchev–Trinajstić information content (AvgIpc) is 3.15. The zero-order chi connectivity index (χ0) is 20.2. The molecule has 0 bridgehead atoms. The van der Waals surface area contributed by atoms with Crippen LogP contribution in [0.25, 0.3) is 11.5 Å². The highest BCUT2D eigenvalue weighted by Crippen LogP contribution is 2.35. The summed E-state index contributed by atoms with van der Waals surface area (Å²) in [6.45, 7) is 0.698. The number of phenolic OH excluding ortho intramolecular Hbond substituents is 1. The van der Waals surface area contributed by atoms with Crippen LogP contribution in [-0.4, -0.2) is 31.0 Å². The Hall–Kier alpha value is -3.59. The van der Waals surface area contributed by atoms with Gasteiger partial charge in [0.2, 0.25) is 6.41 Å². The van der Waals surface area contributed by atoms with Crippen LogP contribution in [-0.2, 0) is 17.8 Å². The van der Waals surface area contributed by atoms with Crippen molar-refractivity contribution in [1.29, 1.82) is 0 Å². The SMILES string of the molecule is Nc1ncn(CCc2ccccc2)c2nc(Sc3ccc(NC=O)c(O)c3)nc1-2. The summed E-state index contributed by atoms with van der Waals surface area (Å²) in [4.78, 5) is 24.6. The third-order valence-corrected chi connectivity index (χ3v) is 5.20. The fourth-order valence-corrected chi connectivity index (χ4v) is 3.69. The number of nitrogens with two attached hydrogens (primary N) is 1. The predicted molar refractivity (Wildman–Crippen MR) is 111 cm³/mol. The van der Waals surface area contributed by atoms with Crippen LogP contribution in [0.3, 0.4) is 0 Å². The molecule has 4 N–H and O–H groups in total. The highest BCUT2D eigenvalue weighted by atomic mass is 32.2. The van der Waals surface area contributed by atoms with Gasteiger partial charge in [-0.25, -0.2) is 15.0 Å². The predicted octanol–water partition coefficient (Wildman–Crippen LogP) is 3.03. The fraction of sp³-hybridized carbons (Fsp3) is 0.100. The van der Waals surface area contributed by atoms with Gasteiger partial charge in [0.15, 0.2) is 22.5 Å². The lowest BCUT2D eigenvalue weighted by molar-refractivity contribution is -0.105. The normalized spacial score (nSPS) is 10.9. The molecule has 0 aliphatic carbocycles. The molecule has 2 aliphatic rings. The molecule has 0 saturated heterocycles. The summed E-state index contributed by atoms with van der Waals surface area (Å²) in [7, 11) is 0. The van der Waals surface area contributed by atoms with Crippen molar-refractivity contribution < 1.29 is 9.90 Å². The van der Waals surface area contributed by atoms with Crippen molar-refractivity contribution in [2.24, 2.45) is 0 Å². The first-order chi connectivity index (χ1) is 14.1. The van der Waals surface area contributed by atoms with Crippen LogP contribution in [0.5, 0.6) is 5.75 Å². The van der Waals surface area contributed by atoms with Gasteiger partial charge in [-0.1, -0.05) is 30.3 Å². The molecule has 0 atom stereocenters. The van der Waals surface area contributed by atoms with E-state index in [1.165, 1.54) is 17.3 Å². The lowest BCUT2D eigenvalue weighted by atomic mass is 10.1. The Labute approximate surface area is 171 Å². The van der Waals surface area contributed by atoms with Crippen LogP contribution < -0.4 is 11.1 Å². The smallest absolute Gasteiger partial charge is 0.211 e. The number of nitrogen functional groups attached to an aromatic ring is 1. The molecule has 0 aromatic heterocycles. The Morgan fingerprint density at radius 2 is 2.00 bits per heavy atom. The number of benzene rings is 2. The number of carbonyl (C=O) groups is 1. The first-order valence-electron chi connectivity index (χ1n) is 8.87. The minimum atomic E-state index is -0.0303. The zero-order valence-electron chi connectivity index (χ0n) is 15.3. The molecular formula is C20H18N6O2S. The molecule has 2 aliphatic heterocycles. The van der Waals surface area contributed by atoms with E-state index >= 15 is 0 Å². The first kappa shape index (κ1) is 18.8. The fourth-order valence-electron chi connectivity index (χ4n) is 2.90. The molecule has 0 radical (unpaired) electrons. The number of phenols is 1. The standard InChI is InChI=1S/C20H18N6O2S/c21-18-17-19(26(11-22-18)9-8-13-4-2-1-3-5-13)25-20(24-17)29-14-6-7-15(23-12-27)16(28)10-14/h1-7,10-12,28H,8-9,21H2,(H,23,27). The first-order valence-corrected chi connectivity index (χ1v) is 9.69. The molecule has 2 heterocycles. The number of nitrogens with one attached hydrogen (secondary N) is 1. The molecule has 4 rings (SSSR count). The van der Waals surface area contributed by atoms with Crippen molar-refractivity contribution in [3.05, 3.63) is 60.4 Å². The Kier molecular flexibility index (Phi) is 5.30. The quantitative estimate of drug-likeness (QED) is 0.319. The number of nitrogens with zero attached hydrogens (tertiary/aromatic N) is 4. The lowest BCUT2D eigenvalue weighted by Gasteiger charge is -2.11. The zero-order valence-corrected chi connectivity index (χ0v) is 16.1. The second-order valence-electron chi connectivity index (χ2n) is 6.28. The number of aromatic nitrogens is 4. The molecule has 29 heavy (non-hydrogen) atoms.